The first kappa shape index (κ1) is 20.8. The maximum Gasteiger partial charge on any atom is 0.337 e. The number of hydrazone groups is 1. The molecular formula is C21H15BrClFN2O3. The van der Waals surface area contributed by atoms with Gasteiger partial charge in [0.15, 0.2) is 0 Å². The number of carboxylic acids is 1. The molecule has 5 nitrogen and oxygen atoms in total. The highest BCUT2D eigenvalue weighted by Gasteiger charge is 2.09. The third-order valence-corrected chi connectivity index (χ3v) is 4.70. The van der Waals surface area contributed by atoms with E-state index in [1.807, 2.05) is 12.1 Å². The van der Waals surface area contributed by atoms with Gasteiger partial charge in [-0.3, -0.25) is 5.43 Å². The molecule has 2 N–H and O–H groups in total. The summed E-state index contributed by atoms with van der Waals surface area (Å²) in [6, 6.07) is 16.0. The third-order valence-electron chi connectivity index (χ3n) is 3.87. The second-order valence-electron chi connectivity index (χ2n) is 5.97. The normalized spacial score (nSPS) is 10.9. The van der Waals surface area contributed by atoms with Gasteiger partial charge in [0.05, 0.1) is 22.5 Å². The molecular weight excluding hydrogens is 463 g/mol. The number of halogens is 3. The Morgan fingerprint density at radius 1 is 1.17 bits per heavy atom. The SMILES string of the molecule is O=C(O)c1cc(NN=Cc2cc(Br)ccc2OCc2ccc(F)cc2)ccc1Cl. The molecule has 0 aliphatic heterocycles. The van der Waals surface area contributed by atoms with E-state index < -0.39 is 5.97 Å². The standard InChI is InChI=1S/C21H15BrClFN2O3/c22-15-3-8-20(29-12-13-1-4-16(24)5-2-13)14(9-15)11-25-26-17-6-7-19(23)18(10-17)21(27)28/h1-11,26H,12H2,(H,27,28). The van der Waals surface area contributed by atoms with E-state index in [1.165, 1.54) is 24.3 Å². The number of nitrogens with zero attached hydrogens (tertiary/aromatic N) is 1. The largest absolute Gasteiger partial charge is 0.488 e. The Morgan fingerprint density at radius 2 is 1.93 bits per heavy atom. The van der Waals surface area contributed by atoms with Crippen LogP contribution in [0.2, 0.25) is 5.02 Å². The number of carboxylic acid groups (broad SMARTS) is 1. The molecule has 3 aromatic carbocycles. The zero-order valence-electron chi connectivity index (χ0n) is 14.9. The molecule has 8 heteroatoms. The summed E-state index contributed by atoms with van der Waals surface area (Å²) in [6.07, 6.45) is 1.56. The quantitative estimate of drug-likeness (QED) is 0.325. The lowest BCUT2D eigenvalue weighted by Crippen LogP contribution is -2.00. The van der Waals surface area contributed by atoms with E-state index in [1.54, 1.807) is 30.5 Å². The molecule has 3 rings (SSSR count). The summed E-state index contributed by atoms with van der Waals surface area (Å²) in [5, 5.41) is 13.4. The number of hydrogen-bond acceptors (Lipinski definition) is 4. The minimum Gasteiger partial charge on any atom is -0.488 e. The molecule has 0 amide bonds. The maximum absolute atomic E-state index is 13.0. The maximum atomic E-state index is 13.0. The molecule has 0 fully saturated rings. The smallest absolute Gasteiger partial charge is 0.337 e. The third kappa shape index (κ3) is 5.79. The van der Waals surface area contributed by atoms with Crippen molar-refractivity contribution >= 4 is 45.4 Å². The van der Waals surface area contributed by atoms with Crippen LogP contribution in [-0.2, 0) is 6.61 Å². The van der Waals surface area contributed by atoms with Crippen LogP contribution in [0.1, 0.15) is 21.5 Å². The summed E-state index contributed by atoms with van der Waals surface area (Å²) in [5.41, 5.74) is 4.77. The van der Waals surface area contributed by atoms with E-state index >= 15 is 0 Å². The fraction of sp³-hybridized carbons (Fsp3) is 0.0476. The second kappa shape index (κ2) is 9.54. The predicted molar refractivity (Wildman–Crippen MR) is 115 cm³/mol. The second-order valence-corrected chi connectivity index (χ2v) is 7.29. The number of aromatic carboxylic acids is 1. The highest BCUT2D eigenvalue weighted by molar-refractivity contribution is 9.10. The number of anilines is 1. The number of ether oxygens (including phenoxy) is 1. The molecule has 0 bridgehead atoms. The van der Waals surface area contributed by atoms with Crippen LogP contribution in [0.5, 0.6) is 5.75 Å². The number of nitrogens with one attached hydrogen (secondary N) is 1. The molecule has 0 unspecified atom stereocenters. The summed E-state index contributed by atoms with van der Waals surface area (Å²) >= 11 is 9.28. The van der Waals surface area contributed by atoms with Crippen molar-refractivity contribution < 1.29 is 19.0 Å². The lowest BCUT2D eigenvalue weighted by molar-refractivity contribution is 0.0697. The van der Waals surface area contributed by atoms with Crippen molar-refractivity contribution in [1.29, 1.82) is 0 Å². The van der Waals surface area contributed by atoms with Crippen molar-refractivity contribution in [2.75, 3.05) is 5.43 Å². The van der Waals surface area contributed by atoms with Crippen LogP contribution in [0.25, 0.3) is 0 Å². The number of hydrogen-bond donors (Lipinski definition) is 2. The van der Waals surface area contributed by atoms with E-state index in [0.29, 0.717) is 17.0 Å². The van der Waals surface area contributed by atoms with Crippen LogP contribution in [0.15, 0.2) is 70.2 Å². The number of carbonyl (C=O) groups is 1. The van der Waals surface area contributed by atoms with Crippen LogP contribution in [0, 0.1) is 5.82 Å². The zero-order chi connectivity index (χ0) is 20.8. The molecule has 0 spiro atoms. The van der Waals surface area contributed by atoms with Crippen molar-refractivity contribution in [1.82, 2.24) is 0 Å². The average molecular weight is 478 g/mol. The molecule has 0 atom stereocenters. The molecule has 0 radical (unpaired) electrons. The molecule has 3 aromatic rings. The summed E-state index contributed by atoms with van der Waals surface area (Å²) < 4.78 is 19.7. The van der Waals surface area contributed by atoms with Gasteiger partial charge in [0.1, 0.15) is 18.2 Å². The van der Waals surface area contributed by atoms with Crippen LogP contribution in [0.3, 0.4) is 0 Å². The Morgan fingerprint density at radius 3 is 2.66 bits per heavy atom. The van der Waals surface area contributed by atoms with Crippen molar-refractivity contribution in [3.8, 4) is 5.75 Å². The number of rotatable bonds is 7. The van der Waals surface area contributed by atoms with Crippen molar-refractivity contribution in [3.63, 3.8) is 0 Å². The fourth-order valence-electron chi connectivity index (χ4n) is 2.43. The van der Waals surface area contributed by atoms with Crippen molar-refractivity contribution in [2.24, 2.45) is 5.10 Å². The molecule has 0 aliphatic rings. The average Bonchev–Trinajstić information content (AvgIpc) is 2.69. The first-order valence-corrected chi connectivity index (χ1v) is 9.58. The minimum absolute atomic E-state index is 0.0161. The van der Waals surface area contributed by atoms with E-state index in [2.05, 4.69) is 26.5 Å². The molecule has 0 aliphatic carbocycles. The summed E-state index contributed by atoms with van der Waals surface area (Å²) in [7, 11) is 0. The predicted octanol–water partition coefficient (Wildman–Crippen LogP) is 5.96. The first-order valence-electron chi connectivity index (χ1n) is 8.41. The van der Waals surface area contributed by atoms with Crippen LogP contribution in [-0.4, -0.2) is 17.3 Å². The van der Waals surface area contributed by atoms with Gasteiger partial charge >= 0.3 is 5.97 Å². The van der Waals surface area contributed by atoms with Crippen LogP contribution >= 0.6 is 27.5 Å². The van der Waals surface area contributed by atoms with Crippen molar-refractivity contribution in [3.05, 3.63) is 92.7 Å². The van der Waals surface area contributed by atoms with E-state index in [9.17, 15) is 9.18 Å². The van der Waals surface area contributed by atoms with Gasteiger partial charge in [-0.1, -0.05) is 39.7 Å². The van der Waals surface area contributed by atoms with Crippen LogP contribution in [0.4, 0.5) is 10.1 Å². The van der Waals surface area contributed by atoms with Gasteiger partial charge in [0, 0.05) is 10.0 Å². The van der Waals surface area contributed by atoms with Gasteiger partial charge in [-0.2, -0.15) is 5.10 Å². The molecule has 0 saturated heterocycles. The monoisotopic (exact) mass is 476 g/mol. The Labute approximate surface area is 179 Å². The highest BCUT2D eigenvalue weighted by Crippen LogP contribution is 2.24. The fourth-order valence-corrected chi connectivity index (χ4v) is 3.01. The first-order chi connectivity index (χ1) is 13.9. The van der Waals surface area contributed by atoms with Gasteiger partial charge in [-0.15, -0.1) is 0 Å². The minimum atomic E-state index is -1.12. The van der Waals surface area contributed by atoms with Gasteiger partial charge in [0.2, 0.25) is 0 Å². The lowest BCUT2D eigenvalue weighted by atomic mass is 10.2. The topological polar surface area (TPSA) is 70.9 Å². The summed E-state index contributed by atoms with van der Waals surface area (Å²) in [6.45, 7) is 0.273. The number of benzene rings is 3. The Kier molecular flexibility index (Phi) is 6.85. The van der Waals surface area contributed by atoms with E-state index in [-0.39, 0.29) is 23.0 Å². The van der Waals surface area contributed by atoms with Crippen LogP contribution < -0.4 is 10.2 Å². The Bertz CT molecular complexity index is 1060. The molecule has 0 saturated carbocycles. The summed E-state index contributed by atoms with van der Waals surface area (Å²) in [4.78, 5) is 11.2. The molecule has 29 heavy (non-hydrogen) atoms. The zero-order valence-corrected chi connectivity index (χ0v) is 17.2. The van der Waals surface area contributed by atoms with E-state index in [4.69, 9.17) is 21.4 Å². The highest BCUT2D eigenvalue weighted by atomic mass is 79.9. The molecule has 0 aromatic heterocycles. The van der Waals surface area contributed by atoms with Gasteiger partial charge in [-0.25, -0.2) is 9.18 Å². The lowest BCUT2D eigenvalue weighted by Gasteiger charge is -2.10. The van der Waals surface area contributed by atoms with Gasteiger partial charge in [-0.05, 0) is 54.1 Å². The molecule has 148 valence electrons. The Balaban J connectivity index is 1.73. The van der Waals surface area contributed by atoms with E-state index in [0.717, 1.165) is 10.0 Å². The van der Waals surface area contributed by atoms with Crippen molar-refractivity contribution in [2.45, 2.75) is 6.61 Å². The Hall–Kier alpha value is -2.90. The molecule has 0 heterocycles. The van der Waals surface area contributed by atoms with Gasteiger partial charge in [0.25, 0.3) is 0 Å². The summed E-state index contributed by atoms with van der Waals surface area (Å²) in [5.74, 6) is -0.832. The van der Waals surface area contributed by atoms with Gasteiger partial charge < -0.3 is 9.84 Å².